The lowest BCUT2D eigenvalue weighted by atomic mass is 9.73. The molecule has 108 valence electrons. The van der Waals surface area contributed by atoms with E-state index in [-0.39, 0.29) is 5.41 Å². The molecule has 0 atom stereocenters. The molecule has 2 N–H and O–H groups in total. The Morgan fingerprint density at radius 3 is 2.80 bits per heavy atom. The number of aromatic nitrogens is 3. The van der Waals surface area contributed by atoms with Crippen LogP contribution >= 0.6 is 0 Å². The highest BCUT2D eigenvalue weighted by Crippen LogP contribution is 2.39. The number of fused-ring (bicyclic) bond motifs is 1. The first-order valence-electron chi connectivity index (χ1n) is 7.82. The van der Waals surface area contributed by atoms with E-state index in [1.165, 1.54) is 25.1 Å². The molecule has 1 fully saturated rings. The van der Waals surface area contributed by atoms with Crippen LogP contribution in [-0.2, 0) is 12.0 Å². The van der Waals surface area contributed by atoms with Crippen molar-refractivity contribution >= 4 is 11.2 Å². The summed E-state index contributed by atoms with van der Waals surface area (Å²) in [6, 6.07) is 4.02. The fourth-order valence-corrected chi connectivity index (χ4v) is 3.55. The van der Waals surface area contributed by atoms with Crippen LogP contribution in [0.2, 0.25) is 0 Å². The predicted molar refractivity (Wildman–Crippen MR) is 81.6 cm³/mol. The number of rotatable bonds is 4. The van der Waals surface area contributed by atoms with Gasteiger partial charge in [0.05, 0.1) is 0 Å². The Morgan fingerprint density at radius 2 is 2.10 bits per heavy atom. The summed E-state index contributed by atoms with van der Waals surface area (Å²) in [6.45, 7) is 3.87. The molecule has 0 bridgehead atoms. The Bertz CT molecular complexity index is 581. The zero-order chi connectivity index (χ0) is 14.0. The molecule has 1 aliphatic carbocycles. The Kier molecular flexibility index (Phi) is 3.74. The minimum Gasteiger partial charge on any atom is -0.329 e. The maximum absolute atomic E-state index is 6.18. The third-order valence-electron chi connectivity index (χ3n) is 4.63. The van der Waals surface area contributed by atoms with Gasteiger partial charge in [0, 0.05) is 24.7 Å². The van der Waals surface area contributed by atoms with Crippen molar-refractivity contribution < 1.29 is 0 Å². The molecule has 4 heteroatoms. The third kappa shape index (κ3) is 2.12. The van der Waals surface area contributed by atoms with Gasteiger partial charge in [0.15, 0.2) is 5.65 Å². The molecule has 0 saturated heterocycles. The van der Waals surface area contributed by atoms with E-state index in [4.69, 9.17) is 10.7 Å². The largest absolute Gasteiger partial charge is 0.329 e. The molecule has 3 rings (SSSR count). The van der Waals surface area contributed by atoms with E-state index in [1.807, 2.05) is 12.3 Å². The molecule has 0 unspecified atom stereocenters. The van der Waals surface area contributed by atoms with E-state index in [0.29, 0.717) is 6.54 Å². The van der Waals surface area contributed by atoms with Crippen molar-refractivity contribution in [2.75, 3.05) is 6.54 Å². The van der Waals surface area contributed by atoms with Gasteiger partial charge < -0.3 is 10.3 Å². The zero-order valence-corrected chi connectivity index (χ0v) is 12.3. The Balaban J connectivity index is 2.15. The standard InChI is InChI=1S/C16H24N4/c1-2-11-20-14-13(7-6-10-18-14)19-15(20)16(12-17)8-4-3-5-9-16/h6-7,10H,2-5,8-9,11-12,17H2,1H3. The fraction of sp³-hybridized carbons (Fsp3) is 0.625. The molecule has 1 saturated carbocycles. The highest BCUT2D eigenvalue weighted by atomic mass is 15.1. The first-order valence-corrected chi connectivity index (χ1v) is 7.82. The van der Waals surface area contributed by atoms with Gasteiger partial charge in [0.1, 0.15) is 11.3 Å². The van der Waals surface area contributed by atoms with Crippen LogP contribution in [0.1, 0.15) is 51.3 Å². The molecule has 4 nitrogen and oxygen atoms in total. The van der Waals surface area contributed by atoms with Crippen LogP contribution in [0.5, 0.6) is 0 Å². The molecule has 2 aromatic rings. The SMILES string of the molecule is CCCn1c(C2(CN)CCCCC2)nc2cccnc21. The van der Waals surface area contributed by atoms with Crippen molar-refractivity contribution in [1.29, 1.82) is 0 Å². The van der Waals surface area contributed by atoms with E-state index in [1.54, 1.807) is 0 Å². The first-order chi connectivity index (χ1) is 9.80. The molecule has 20 heavy (non-hydrogen) atoms. The number of nitrogens with zero attached hydrogens (tertiary/aromatic N) is 3. The van der Waals surface area contributed by atoms with Gasteiger partial charge in [-0.2, -0.15) is 0 Å². The minimum atomic E-state index is 0.0636. The van der Waals surface area contributed by atoms with Crippen molar-refractivity contribution in [3.05, 3.63) is 24.2 Å². The van der Waals surface area contributed by atoms with Gasteiger partial charge in [-0.15, -0.1) is 0 Å². The second-order valence-corrected chi connectivity index (χ2v) is 5.98. The molecule has 0 amide bonds. The van der Waals surface area contributed by atoms with Crippen molar-refractivity contribution in [1.82, 2.24) is 14.5 Å². The summed E-state index contributed by atoms with van der Waals surface area (Å²) >= 11 is 0. The number of hydrogen-bond acceptors (Lipinski definition) is 3. The molecule has 0 aromatic carbocycles. The predicted octanol–water partition coefficient (Wildman–Crippen LogP) is 3.00. The van der Waals surface area contributed by atoms with Gasteiger partial charge in [-0.25, -0.2) is 9.97 Å². The maximum Gasteiger partial charge on any atom is 0.159 e. The summed E-state index contributed by atoms with van der Waals surface area (Å²) in [4.78, 5) is 9.46. The average Bonchev–Trinajstić information content (AvgIpc) is 2.88. The van der Waals surface area contributed by atoms with Gasteiger partial charge in [0.25, 0.3) is 0 Å². The van der Waals surface area contributed by atoms with Gasteiger partial charge in [-0.1, -0.05) is 26.2 Å². The Morgan fingerprint density at radius 1 is 1.30 bits per heavy atom. The van der Waals surface area contributed by atoms with Crippen molar-refractivity contribution in [2.24, 2.45) is 5.73 Å². The van der Waals surface area contributed by atoms with Crippen LogP contribution in [0.3, 0.4) is 0 Å². The van der Waals surface area contributed by atoms with Gasteiger partial charge in [0.2, 0.25) is 0 Å². The van der Waals surface area contributed by atoms with E-state index in [2.05, 4.69) is 22.5 Å². The van der Waals surface area contributed by atoms with Crippen LogP contribution in [0.4, 0.5) is 0 Å². The molecule has 0 radical (unpaired) electrons. The van der Waals surface area contributed by atoms with E-state index >= 15 is 0 Å². The minimum absolute atomic E-state index is 0.0636. The van der Waals surface area contributed by atoms with Crippen molar-refractivity contribution in [2.45, 2.75) is 57.4 Å². The second-order valence-electron chi connectivity index (χ2n) is 5.98. The molecule has 0 spiro atoms. The van der Waals surface area contributed by atoms with Gasteiger partial charge in [-0.3, -0.25) is 0 Å². The average molecular weight is 272 g/mol. The quantitative estimate of drug-likeness (QED) is 0.930. The summed E-state index contributed by atoms with van der Waals surface area (Å²) in [5, 5.41) is 0. The summed E-state index contributed by atoms with van der Waals surface area (Å²) in [7, 11) is 0. The summed E-state index contributed by atoms with van der Waals surface area (Å²) < 4.78 is 2.31. The molecule has 2 aromatic heterocycles. The summed E-state index contributed by atoms with van der Waals surface area (Å²) in [6.07, 6.45) is 9.13. The third-order valence-corrected chi connectivity index (χ3v) is 4.63. The number of hydrogen-bond donors (Lipinski definition) is 1. The lowest BCUT2D eigenvalue weighted by Crippen LogP contribution is -2.39. The number of imidazole rings is 1. The van der Waals surface area contributed by atoms with E-state index in [0.717, 1.165) is 37.0 Å². The van der Waals surface area contributed by atoms with Gasteiger partial charge in [-0.05, 0) is 31.4 Å². The maximum atomic E-state index is 6.18. The number of aryl methyl sites for hydroxylation is 1. The molecular formula is C16H24N4. The van der Waals surface area contributed by atoms with Crippen LogP contribution in [0, 0.1) is 0 Å². The molecule has 1 aliphatic rings. The monoisotopic (exact) mass is 272 g/mol. The molecule has 0 aliphatic heterocycles. The lowest BCUT2D eigenvalue weighted by Gasteiger charge is -2.35. The second kappa shape index (κ2) is 5.52. The smallest absolute Gasteiger partial charge is 0.159 e. The topological polar surface area (TPSA) is 56.7 Å². The highest BCUT2D eigenvalue weighted by molar-refractivity contribution is 5.71. The lowest BCUT2D eigenvalue weighted by molar-refractivity contribution is 0.277. The van der Waals surface area contributed by atoms with Gasteiger partial charge >= 0.3 is 0 Å². The summed E-state index contributed by atoms with van der Waals surface area (Å²) in [5.41, 5.74) is 8.27. The van der Waals surface area contributed by atoms with E-state index < -0.39 is 0 Å². The molecular weight excluding hydrogens is 248 g/mol. The Labute approximate surface area is 120 Å². The highest BCUT2D eigenvalue weighted by Gasteiger charge is 2.37. The number of nitrogens with two attached hydrogens (primary N) is 1. The van der Waals surface area contributed by atoms with Crippen LogP contribution in [0.25, 0.3) is 11.2 Å². The van der Waals surface area contributed by atoms with E-state index in [9.17, 15) is 0 Å². The fourth-order valence-electron chi connectivity index (χ4n) is 3.55. The Hall–Kier alpha value is -1.42. The first kappa shape index (κ1) is 13.6. The number of pyridine rings is 1. The van der Waals surface area contributed by atoms with Crippen LogP contribution in [-0.4, -0.2) is 21.1 Å². The van der Waals surface area contributed by atoms with Crippen LogP contribution < -0.4 is 5.73 Å². The van der Waals surface area contributed by atoms with Crippen molar-refractivity contribution in [3.63, 3.8) is 0 Å². The molecule has 2 heterocycles. The van der Waals surface area contributed by atoms with Crippen LogP contribution in [0.15, 0.2) is 18.3 Å². The zero-order valence-electron chi connectivity index (χ0n) is 12.3. The summed E-state index contributed by atoms with van der Waals surface area (Å²) in [5.74, 6) is 1.18. The normalized spacial score (nSPS) is 18.5. The van der Waals surface area contributed by atoms with Crippen molar-refractivity contribution in [3.8, 4) is 0 Å².